The molecule has 0 spiro atoms. The van der Waals surface area contributed by atoms with Crippen LogP contribution >= 0.6 is 0 Å². The van der Waals surface area contributed by atoms with Crippen molar-refractivity contribution in [3.63, 3.8) is 0 Å². The van der Waals surface area contributed by atoms with Crippen LogP contribution in [-0.4, -0.2) is 12.4 Å². The van der Waals surface area contributed by atoms with Crippen molar-refractivity contribution in [2.45, 2.75) is 46.1 Å². The van der Waals surface area contributed by atoms with Crippen LogP contribution in [0.5, 0.6) is 5.75 Å². The van der Waals surface area contributed by atoms with Gasteiger partial charge < -0.3 is 4.74 Å². The number of halogens is 1. The molecule has 1 aromatic carbocycles. The Morgan fingerprint density at radius 1 is 1.32 bits per heavy atom. The molecule has 1 saturated carbocycles. The second-order valence-electron chi connectivity index (χ2n) is 6.49. The first kappa shape index (κ1) is 14.0. The number of aldehydes is 1. The highest BCUT2D eigenvalue weighted by Gasteiger charge is 2.33. The summed E-state index contributed by atoms with van der Waals surface area (Å²) in [6.07, 6.45) is 3.87. The third-order valence-electron chi connectivity index (χ3n) is 3.68. The number of carbonyl (C=O) groups is 1. The molecule has 2 unspecified atom stereocenters. The minimum absolute atomic E-state index is 0.0973. The summed E-state index contributed by atoms with van der Waals surface area (Å²) in [5.74, 6) is 0.632. The first-order valence-electron chi connectivity index (χ1n) is 6.80. The van der Waals surface area contributed by atoms with Crippen molar-refractivity contribution in [3.8, 4) is 5.75 Å². The van der Waals surface area contributed by atoms with Gasteiger partial charge in [0.1, 0.15) is 17.9 Å². The SMILES string of the molecule is CC1CC(Oc2cc(F)cc(C=O)c2)CC(C)(C)C1. The fraction of sp³-hybridized carbons (Fsp3) is 0.562. The number of carbonyl (C=O) groups excluding carboxylic acids is 1. The second kappa shape index (κ2) is 5.32. The first-order chi connectivity index (χ1) is 8.88. The van der Waals surface area contributed by atoms with Gasteiger partial charge in [0.05, 0.1) is 6.10 Å². The fourth-order valence-corrected chi connectivity index (χ4v) is 3.26. The van der Waals surface area contributed by atoms with Crippen LogP contribution in [0.1, 0.15) is 50.4 Å². The molecule has 1 aliphatic carbocycles. The summed E-state index contributed by atoms with van der Waals surface area (Å²) >= 11 is 0. The Hall–Kier alpha value is -1.38. The maximum atomic E-state index is 13.4. The van der Waals surface area contributed by atoms with Crippen molar-refractivity contribution in [1.29, 1.82) is 0 Å². The maximum Gasteiger partial charge on any atom is 0.150 e. The van der Waals surface area contributed by atoms with Gasteiger partial charge >= 0.3 is 0 Å². The zero-order valence-electron chi connectivity index (χ0n) is 11.8. The maximum absolute atomic E-state index is 13.4. The summed E-state index contributed by atoms with van der Waals surface area (Å²) in [5, 5.41) is 0. The molecule has 0 N–H and O–H groups in total. The minimum Gasteiger partial charge on any atom is -0.490 e. The highest BCUT2D eigenvalue weighted by Crippen LogP contribution is 2.40. The van der Waals surface area contributed by atoms with Crippen LogP contribution in [0.15, 0.2) is 18.2 Å². The van der Waals surface area contributed by atoms with E-state index < -0.39 is 5.82 Å². The van der Waals surface area contributed by atoms with Crippen molar-refractivity contribution in [3.05, 3.63) is 29.6 Å². The number of ether oxygens (including phenoxy) is 1. The molecule has 0 bridgehead atoms. The highest BCUT2D eigenvalue weighted by atomic mass is 19.1. The van der Waals surface area contributed by atoms with Crippen LogP contribution in [0.3, 0.4) is 0 Å². The van der Waals surface area contributed by atoms with Gasteiger partial charge in [0.15, 0.2) is 0 Å². The molecule has 0 aliphatic heterocycles. The van der Waals surface area contributed by atoms with Gasteiger partial charge in [0, 0.05) is 11.6 Å². The summed E-state index contributed by atoms with van der Waals surface area (Å²) in [4.78, 5) is 10.7. The molecule has 0 aromatic heterocycles. The van der Waals surface area contributed by atoms with E-state index in [-0.39, 0.29) is 11.5 Å². The summed E-state index contributed by atoms with van der Waals surface area (Å²) in [6, 6.07) is 4.16. The van der Waals surface area contributed by atoms with E-state index in [0.29, 0.717) is 23.5 Å². The average molecular weight is 264 g/mol. The van der Waals surface area contributed by atoms with E-state index in [1.165, 1.54) is 18.6 Å². The Morgan fingerprint density at radius 3 is 2.68 bits per heavy atom. The molecule has 0 amide bonds. The predicted octanol–water partition coefficient (Wildman–Crippen LogP) is 4.23. The van der Waals surface area contributed by atoms with E-state index >= 15 is 0 Å². The molecule has 3 heteroatoms. The van der Waals surface area contributed by atoms with Crippen molar-refractivity contribution in [2.75, 3.05) is 0 Å². The van der Waals surface area contributed by atoms with E-state index in [2.05, 4.69) is 20.8 Å². The molecule has 0 radical (unpaired) electrons. The lowest BCUT2D eigenvalue weighted by atomic mass is 9.71. The lowest BCUT2D eigenvalue weighted by Gasteiger charge is -2.38. The van der Waals surface area contributed by atoms with E-state index in [4.69, 9.17) is 4.74 Å². The van der Waals surface area contributed by atoms with Crippen LogP contribution in [-0.2, 0) is 0 Å². The van der Waals surface area contributed by atoms with E-state index in [0.717, 1.165) is 12.8 Å². The fourth-order valence-electron chi connectivity index (χ4n) is 3.26. The molecule has 1 fully saturated rings. The molecular formula is C16H21FO2. The van der Waals surface area contributed by atoms with Gasteiger partial charge in [-0.2, -0.15) is 0 Å². The number of hydrogen-bond acceptors (Lipinski definition) is 2. The molecule has 0 saturated heterocycles. The Kier molecular flexibility index (Phi) is 3.93. The quantitative estimate of drug-likeness (QED) is 0.764. The first-order valence-corrected chi connectivity index (χ1v) is 6.80. The Morgan fingerprint density at radius 2 is 2.05 bits per heavy atom. The molecule has 1 aliphatic rings. The number of rotatable bonds is 3. The summed E-state index contributed by atoms with van der Waals surface area (Å²) in [6.45, 7) is 6.70. The average Bonchev–Trinajstić information content (AvgIpc) is 2.24. The minimum atomic E-state index is -0.428. The zero-order valence-corrected chi connectivity index (χ0v) is 11.8. The van der Waals surface area contributed by atoms with E-state index in [1.807, 2.05) is 0 Å². The molecule has 19 heavy (non-hydrogen) atoms. The van der Waals surface area contributed by atoms with Gasteiger partial charge in [-0.1, -0.05) is 20.8 Å². The Labute approximate surface area is 114 Å². The summed E-state index contributed by atoms with van der Waals surface area (Å²) < 4.78 is 19.2. The van der Waals surface area contributed by atoms with Gasteiger partial charge in [-0.3, -0.25) is 4.79 Å². The highest BCUT2D eigenvalue weighted by molar-refractivity contribution is 5.75. The van der Waals surface area contributed by atoms with Crippen LogP contribution in [0.2, 0.25) is 0 Å². The Balaban J connectivity index is 2.12. The van der Waals surface area contributed by atoms with Gasteiger partial charge in [0.2, 0.25) is 0 Å². The lowest BCUT2D eigenvalue weighted by Crippen LogP contribution is -2.34. The molecule has 0 heterocycles. The van der Waals surface area contributed by atoms with Crippen molar-refractivity contribution in [2.24, 2.45) is 11.3 Å². The van der Waals surface area contributed by atoms with Crippen LogP contribution in [0.25, 0.3) is 0 Å². The standard InChI is InChI=1S/C16H21FO2/c1-11-4-15(9-16(2,3)8-11)19-14-6-12(10-18)5-13(17)7-14/h5-7,10-11,15H,4,8-9H2,1-3H3. The van der Waals surface area contributed by atoms with Crippen LogP contribution in [0, 0.1) is 17.2 Å². The topological polar surface area (TPSA) is 26.3 Å². The van der Waals surface area contributed by atoms with Crippen LogP contribution in [0.4, 0.5) is 4.39 Å². The Bertz CT molecular complexity index is 468. The molecule has 104 valence electrons. The predicted molar refractivity (Wildman–Crippen MR) is 73.0 cm³/mol. The summed E-state index contributed by atoms with van der Waals surface area (Å²) in [5.41, 5.74) is 0.571. The van der Waals surface area contributed by atoms with Crippen molar-refractivity contribution in [1.82, 2.24) is 0 Å². The van der Waals surface area contributed by atoms with Gasteiger partial charge in [-0.05, 0) is 42.7 Å². The summed E-state index contributed by atoms with van der Waals surface area (Å²) in [7, 11) is 0. The largest absolute Gasteiger partial charge is 0.490 e. The van der Waals surface area contributed by atoms with Crippen molar-refractivity contribution >= 4 is 6.29 Å². The monoisotopic (exact) mass is 264 g/mol. The molecule has 2 nitrogen and oxygen atoms in total. The molecular weight excluding hydrogens is 243 g/mol. The molecule has 2 atom stereocenters. The number of hydrogen-bond donors (Lipinski definition) is 0. The van der Waals surface area contributed by atoms with Gasteiger partial charge in [0.25, 0.3) is 0 Å². The van der Waals surface area contributed by atoms with Crippen molar-refractivity contribution < 1.29 is 13.9 Å². The van der Waals surface area contributed by atoms with Gasteiger partial charge in [-0.25, -0.2) is 4.39 Å². The zero-order chi connectivity index (χ0) is 14.0. The van der Waals surface area contributed by atoms with E-state index in [1.54, 1.807) is 6.07 Å². The smallest absolute Gasteiger partial charge is 0.150 e. The normalized spacial score (nSPS) is 25.9. The second-order valence-corrected chi connectivity index (χ2v) is 6.49. The lowest BCUT2D eigenvalue weighted by molar-refractivity contribution is 0.0560. The van der Waals surface area contributed by atoms with Crippen LogP contribution < -0.4 is 4.74 Å². The van der Waals surface area contributed by atoms with E-state index in [9.17, 15) is 9.18 Å². The van der Waals surface area contributed by atoms with Gasteiger partial charge in [-0.15, -0.1) is 0 Å². The molecule has 2 rings (SSSR count). The third-order valence-corrected chi connectivity index (χ3v) is 3.68. The molecule has 1 aromatic rings. The third kappa shape index (κ3) is 3.79. The number of benzene rings is 1.